The first-order valence-electron chi connectivity index (χ1n) is 6.19. The maximum absolute atomic E-state index is 5.58. The van der Waals surface area contributed by atoms with Crippen LogP contribution in [0.4, 0.5) is 0 Å². The van der Waals surface area contributed by atoms with Gasteiger partial charge in [-0.15, -0.1) is 0 Å². The Morgan fingerprint density at radius 3 is 2.59 bits per heavy atom. The fraction of sp³-hybridized carbons (Fsp3) is 0.571. The quantitative estimate of drug-likeness (QED) is 0.787. The van der Waals surface area contributed by atoms with Crippen molar-refractivity contribution in [2.75, 3.05) is 13.2 Å². The molecule has 0 aliphatic carbocycles. The lowest BCUT2D eigenvalue weighted by Gasteiger charge is -2.19. The van der Waals surface area contributed by atoms with Gasteiger partial charge in [-0.1, -0.05) is 35.8 Å². The van der Waals surface area contributed by atoms with Crippen LogP contribution in [0.2, 0.25) is 0 Å². The molecule has 0 spiro atoms. The van der Waals surface area contributed by atoms with E-state index in [0.29, 0.717) is 24.0 Å². The number of hydrogen-bond donors (Lipinski definition) is 0. The fourth-order valence-corrected chi connectivity index (χ4v) is 2.11. The van der Waals surface area contributed by atoms with Crippen molar-refractivity contribution >= 4 is 15.9 Å². The van der Waals surface area contributed by atoms with Gasteiger partial charge in [-0.05, 0) is 36.5 Å². The maximum atomic E-state index is 5.58. The van der Waals surface area contributed by atoms with Gasteiger partial charge in [0.25, 0.3) is 0 Å². The second-order valence-electron chi connectivity index (χ2n) is 4.78. The first-order valence-corrected chi connectivity index (χ1v) is 7.11. The molecule has 0 saturated heterocycles. The molecule has 1 aromatic carbocycles. The van der Waals surface area contributed by atoms with Gasteiger partial charge < -0.3 is 9.47 Å². The van der Waals surface area contributed by atoms with Gasteiger partial charge in [-0.3, -0.25) is 0 Å². The minimum atomic E-state index is 0.579. The first-order chi connectivity index (χ1) is 8.16. The van der Waals surface area contributed by atoms with Crippen molar-refractivity contribution < 1.29 is 9.47 Å². The normalized spacial score (nSPS) is 16.0. The Kier molecular flexibility index (Phi) is 4.32. The van der Waals surface area contributed by atoms with Gasteiger partial charge in [0, 0.05) is 4.83 Å². The standard InChI is InChI=1S/C14H19BrO2/c1-10(2)12(15)5-3-11-4-6-13-14(9-11)17-8-7-16-13/h4,6,9-10,12H,3,5,7-8H2,1-2H3. The molecule has 1 unspecified atom stereocenters. The molecule has 0 fully saturated rings. The number of benzene rings is 1. The molecule has 1 aliphatic rings. The minimum absolute atomic E-state index is 0.579. The average Bonchev–Trinajstić information content (AvgIpc) is 2.35. The lowest BCUT2D eigenvalue weighted by Crippen LogP contribution is -2.15. The molecule has 1 aromatic rings. The number of rotatable bonds is 4. The van der Waals surface area contributed by atoms with Crippen LogP contribution in [0.25, 0.3) is 0 Å². The average molecular weight is 299 g/mol. The molecule has 94 valence electrons. The van der Waals surface area contributed by atoms with Gasteiger partial charge in [0.05, 0.1) is 0 Å². The number of aryl methyl sites for hydroxylation is 1. The van der Waals surface area contributed by atoms with Crippen molar-refractivity contribution in [1.29, 1.82) is 0 Å². The van der Waals surface area contributed by atoms with Crippen LogP contribution in [0.15, 0.2) is 18.2 Å². The van der Waals surface area contributed by atoms with Gasteiger partial charge in [-0.25, -0.2) is 0 Å². The molecule has 1 atom stereocenters. The molecule has 1 heterocycles. The number of ether oxygens (including phenoxy) is 2. The Balaban J connectivity index is 1.97. The lowest BCUT2D eigenvalue weighted by atomic mass is 10.0. The second kappa shape index (κ2) is 5.76. The van der Waals surface area contributed by atoms with Crippen molar-refractivity contribution in [3.63, 3.8) is 0 Å². The predicted molar refractivity (Wildman–Crippen MR) is 73.3 cm³/mol. The Bertz CT molecular complexity index is 376. The largest absolute Gasteiger partial charge is 0.486 e. The summed E-state index contributed by atoms with van der Waals surface area (Å²) >= 11 is 3.72. The molecular weight excluding hydrogens is 280 g/mol. The highest BCUT2D eigenvalue weighted by molar-refractivity contribution is 9.09. The molecule has 0 N–H and O–H groups in total. The number of halogens is 1. The third-order valence-electron chi connectivity index (χ3n) is 3.04. The topological polar surface area (TPSA) is 18.5 Å². The lowest BCUT2D eigenvalue weighted by molar-refractivity contribution is 0.171. The zero-order valence-electron chi connectivity index (χ0n) is 10.4. The van der Waals surface area contributed by atoms with Crippen LogP contribution in [0, 0.1) is 5.92 Å². The zero-order chi connectivity index (χ0) is 12.3. The van der Waals surface area contributed by atoms with Crippen LogP contribution >= 0.6 is 15.9 Å². The summed E-state index contributed by atoms with van der Waals surface area (Å²) in [6, 6.07) is 6.25. The smallest absolute Gasteiger partial charge is 0.161 e. The molecule has 0 radical (unpaired) electrons. The summed E-state index contributed by atoms with van der Waals surface area (Å²) in [6.07, 6.45) is 2.22. The highest BCUT2D eigenvalue weighted by Gasteiger charge is 2.13. The van der Waals surface area contributed by atoms with E-state index in [1.165, 1.54) is 5.56 Å². The van der Waals surface area contributed by atoms with E-state index in [-0.39, 0.29) is 0 Å². The van der Waals surface area contributed by atoms with Crippen molar-refractivity contribution in [2.24, 2.45) is 5.92 Å². The van der Waals surface area contributed by atoms with E-state index in [0.717, 1.165) is 24.3 Å². The van der Waals surface area contributed by atoms with Crippen molar-refractivity contribution in [3.8, 4) is 11.5 Å². The van der Waals surface area contributed by atoms with E-state index in [9.17, 15) is 0 Å². The molecule has 1 aliphatic heterocycles. The van der Waals surface area contributed by atoms with E-state index in [2.05, 4.69) is 41.9 Å². The van der Waals surface area contributed by atoms with Crippen LogP contribution in [-0.4, -0.2) is 18.0 Å². The monoisotopic (exact) mass is 298 g/mol. The van der Waals surface area contributed by atoms with E-state index >= 15 is 0 Å². The fourth-order valence-electron chi connectivity index (χ4n) is 1.88. The van der Waals surface area contributed by atoms with Crippen LogP contribution in [0.3, 0.4) is 0 Å². The molecule has 2 rings (SSSR count). The number of hydrogen-bond acceptors (Lipinski definition) is 2. The summed E-state index contributed by atoms with van der Waals surface area (Å²) in [5.74, 6) is 2.44. The van der Waals surface area contributed by atoms with Gasteiger partial charge in [0.2, 0.25) is 0 Å². The maximum Gasteiger partial charge on any atom is 0.161 e. The molecule has 0 amide bonds. The molecule has 3 heteroatoms. The summed E-state index contributed by atoms with van der Waals surface area (Å²) in [4.78, 5) is 0.579. The second-order valence-corrected chi connectivity index (χ2v) is 5.95. The van der Waals surface area contributed by atoms with Crippen molar-refractivity contribution in [2.45, 2.75) is 31.5 Å². The summed E-state index contributed by atoms with van der Waals surface area (Å²) < 4.78 is 11.1. The zero-order valence-corrected chi connectivity index (χ0v) is 12.0. The van der Waals surface area contributed by atoms with Gasteiger partial charge in [0.1, 0.15) is 13.2 Å². The molecule has 17 heavy (non-hydrogen) atoms. The first kappa shape index (κ1) is 12.7. The van der Waals surface area contributed by atoms with E-state index in [1.807, 2.05) is 6.07 Å². The summed E-state index contributed by atoms with van der Waals surface area (Å²) in [7, 11) is 0. The summed E-state index contributed by atoms with van der Waals surface area (Å²) in [6.45, 7) is 5.79. The summed E-state index contributed by atoms with van der Waals surface area (Å²) in [5, 5.41) is 0. The molecule has 0 bridgehead atoms. The van der Waals surface area contributed by atoms with Gasteiger partial charge >= 0.3 is 0 Å². The number of fused-ring (bicyclic) bond motifs is 1. The van der Waals surface area contributed by atoms with E-state index in [4.69, 9.17) is 9.47 Å². The van der Waals surface area contributed by atoms with E-state index < -0.39 is 0 Å². The van der Waals surface area contributed by atoms with Gasteiger partial charge in [-0.2, -0.15) is 0 Å². The Hall–Kier alpha value is -0.700. The molecule has 2 nitrogen and oxygen atoms in total. The van der Waals surface area contributed by atoms with Crippen molar-refractivity contribution in [1.82, 2.24) is 0 Å². The third kappa shape index (κ3) is 3.38. The van der Waals surface area contributed by atoms with Crippen LogP contribution < -0.4 is 9.47 Å². The van der Waals surface area contributed by atoms with Crippen molar-refractivity contribution in [3.05, 3.63) is 23.8 Å². The number of alkyl halides is 1. The Labute approximate surface area is 111 Å². The van der Waals surface area contributed by atoms with E-state index in [1.54, 1.807) is 0 Å². The van der Waals surface area contributed by atoms with Gasteiger partial charge in [0.15, 0.2) is 11.5 Å². The third-order valence-corrected chi connectivity index (χ3v) is 4.55. The molecular formula is C14H19BrO2. The van der Waals surface area contributed by atoms with Crippen LogP contribution in [-0.2, 0) is 6.42 Å². The Morgan fingerprint density at radius 2 is 1.88 bits per heavy atom. The summed E-state index contributed by atoms with van der Waals surface area (Å²) in [5.41, 5.74) is 1.32. The molecule has 0 saturated carbocycles. The minimum Gasteiger partial charge on any atom is -0.486 e. The molecule has 0 aromatic heterocycles. The Morgan fingerprint density at radius 1 is 1.18 bits per heavy atom. The predicted octanol–water partition coefficient (Wildman–Crippen LogP) is 3.81. The SMILES string of the molecule is CC(C)C(Br)CCc1ccc2c(c1)OCCO2. The van der Waals surface area contributed by atoms with Crippen LogP contribution in [0.5, 0.6) is 11.5 Å². The van der Waals surface area contributed by atoms with Crippen LogP contribution in [0.1, 0.15) is 25.8 Å². The highest BCUT2D eigenvalue weighted by atomic mass is 79.9. The highest BCUT2D eigenvalue weighted by Crippen LogP contribution is 2.31.